The van der Waals surface area contributed by atoms with E-state index in [0.717, 1.165) is 77.5 Å². The first-order valence-electron chi connectivity index (χ1n) is 19.1. The minimum atomic E-state index is 0.630. The van der Waals surface area contributed by atoms with Crippen molar-refractivity contribution in [3.8, 4) is 50.6 Å². The number of nitrogens with zero attached hydrogens (tertiary/aromatic N) is 3. The van der Waals surface area contributed by atoms with E-state index in [-0.39, 0.29) is 0 Å². The van der Waals surface area contributed by atoms with Gasteiger partial charge in [0.25, 0.3) is 0 Å². The molecule has 0 atom stereocenters. The smallest absolute Gasteiger partial charge is 0.180 e. The van der Waals surface area contributed by atoms with Gasteiger partial charge in [-0.3, -0.25) is 0 Å². The molecule has 0 unspecified atom stereocenters. The highest BCUT2D eigenvalue weighted by Crippen LogP contribution is 2.43. The van der Waals surface area contributed by atoms with Crippen molar-refractivity contribution in [3.63, 3.8) is 0 Å². The van der Waals surface area contributed by atoms with Crippen LogP contribution >= 0.6 is 0 Å². The average Bonchev–Trinajstić information content (AvgIpc) is 3.96. The molecular weight excluding hydrogens is 699 g/mol. The molecule has 4 aromatic heterocycles. The second-order valence-electron chi connectivity index (χ2n) is 14.5. The summed E-state index contributed by atoms with van der Waals surface area (Å²) >= 11 is 0. The zero-order chi connectivity index (χ0) is 37.5. The molecule has 0 amide bonds. The van der Waals surface area contributed by atoms with Gasteiger partial charge in [0.1, 0.15) is 28.0 Å². The molecule has 0 N–H and O–H groups in total. The lowest BCUT2D eigenvalue weighted by atomic mass is 9.99. The third-order valence-electron chi connectivity index (χ3n) is 11.2. The Balaban J connectivity index is 1.04. The number of aromatic nitrogens is 3. The van der Waals surface area contributed by atoms with Crippen LogP contribution in [0.3, 0.4) is 0 Å². The maximum atomic E-state index is 6.75. The van der Waals surface area contributed by atoms with E-state index in [1.165, 1.54) is 21.8 Å². The summed E-state index contributed by atoms with van der Waals surface area (Å²) in [5, 5.41) is 5.45. The Bertz CT molecular complexity index is 3510. The summed E-state index contributed by atoms with van der Waals surface area (Å²) in [6.07, 6.45) is 0. The lowest BCUT2D eigenvalue weighted by molar-refractivity contribution is 0.663. The SMILES string of the molecule is c1ccc(-c2ccc3oc4c(-c5cccc6c5oc5ccc(-c7ccc8c(c7)c7ccccc7n8-c7ccccc7)cc56)nc(-c5ccccc5)nc4c3c2)cc1. The molecule has 0 bridgehead atoms. The van der Waals surface area contributed by atoms with Crippen LogP contribution in [0.1, 0.15) is 0 Å². The molecule has 57 heavy (non-hydrogen) atoms. The Labute approximate surface area is 326 Å². The Hall–Kier alpha value is -7.76. The van der Waals surface area contributed by atoms with E-state index in [9.17, 15) is 0 Å². The molecule has 0 aliphatic heterocycles. The normalized spacial score (nSPS) is 11.9. The van der Waals surface area contributed by atoms with Crippen LogP contribution in [0, 0.1) is 0 Å². The maximum absolute atomic E-state index is 6.75. The molecule has 4 heterocycles. The second kappa shape index (κ2) is 12.4. The van der Waals surface area contributed by atoms with Gasteiger partial charge in [0.2, 0.25) is 0 Å². The van der Waals surface area contributed by atoms with E-state index in [0.29, 0.717) is 17.1 Å². The molecule has 0 aliphatic carbocycles. The maximum Gasteiger partial charge on any atom is 0.180 e. The van der Waals surface area contributed by atoms with E-state index in [4.69, 9.17) is 18.8 Å². The van der Waals surface area contributed by atoms with Gasteiger partial charge in [-0.15, -0.1) is 0 Å². The fourth-order valence-corrected chi connectivity index (χ4v) is 8.52. The number of para-hydroxylation sites is 3. The van der Waals surface area contributed by atoms with Crippen molar-refractivity contribution in [3.05, 3.63) is 188 Å². The van der Waals surface area contributed by atoms with Crippen LogP contribution in [0.5, 0.6) is 0 Å². The van der Waals surface area contributed by atoms with E-state index < -0.39 is 0 Å². The van der Waals surface area contributed by atoms with Crippen molar-refractivity contribution in [1.29, 1.82) is 0 Å². The predicted molar refractivity (Wildman–Crippen MR) is 233 cm³/mol. The predicted octanol–water partition coefficient (Wildman–Crippen LogP) is 14.0. The summed E-state index contributed by atoms with van der Waals surface area (Å²) in [5.74, 6) is 0.630. The highest BCUT2D eigenvalue weighted by molar-refractivity contribution is 6.15. The van der Waals surface area contributed by atoms with Gasteiger partial charge in [-0.2, -0.15) is 0 Å². The fraction of sp³-hybridized carbons (Fsp3) is 0. The van der Waals surface area contributed by atoms with Crippen molar-refractivity contribution in [2.45, 2.75) is 0 Å². The number of fused-ring (bicyclic) bond motifs is 9. The van der Waals surface area contributed by atoms with Crippen molar-refractivity contribution in [2.75, 3.05) is 0 Å². The largest absolute Gasteiger partial charge is 0.455 e. The Morgan fingerprint density at radius 3 is 1.74 bits per heavy atom. The highest BCUT2D eigenvalue weighted by Gasteiger charge is 2.23. The molecule has 266 valence electrons. The first kappa shape index (κ1) is 31.6. The molecule has 0 spiro atoms. The molecule has 0 radical (unpaired) electrons. The van der Waals surface area contributed by atoms with Gasteiger partial charge in [0.15, 0.2) is 11.4 Å². The first-order chi connectivity index (χ1) is 28.2. The third kappa shape index (κ3) is 4.96. The summed E-state index contributed by atoms with van der Waals surface area (Å²) in [5.41, 5.74) is 14.2. The Morgan fingerprint density at radius 2 is 0.947 bits per heavy atom. The minimum Gasteiger partial charge on any atom is -0.455 e. The van der Waals surface area contributed by atoms with Gasteiger partial charge in [-0.05, 0) is 82.9 Å². The van der Waals surface area contributed by atoms with E-state index in [1.54, 1.807) is 0 Å². The number of hydrogen-bond donors (Lipinski definition) is 0. The third-order valence-corrected chi connectivity index (χ3v) is 11.2. The van der Waals surface area contributed by atoms with Crippen LogP contribution < -0.4 is 0 Å². The van der Waals surface area contributed by atoms with Crippen LogP contribution in [0.4, 0.5) is 0 Å². The quantitative estimate of drug-likeness (QED) is 0.177. The number of rotatable bonds is 5. The summed E-state index contributed by atoms with van der Waals surface area (Å²) in [4.78, 5) is 10.4. The molecule has 12 rings (SSSR count). The van der Waals surface area contributed by atoms with E-state index in [1.807, 2.05) is 42.5 Å². The van der Waals surface area contributed by atoms with Crippen molar-refractivity contribution in [2.24, 2.45) is 0 Å². The fourth-order valence-electron chi connectivity index (χ4n) is 8.52. The number of hydrogen-bond acceptors (Lipinski definition) is 4. The van der Waals surface area contributed by atoms with Gasteiger partial charge in [-0.1, -0.05) is 127 Å². The van der Waals surface area contributed by atoms with Crippen LogP contribution in [-0.2, 0) is 0 Å². The summed E-state index contributed by atoms with van der Waals surface area (Å²) in [7, 11) is 0. The molecular formula is C52H31N3O2. The molecule has 0 aliphatic rings. The molecule has 0 saturated carbocycles. The summed E-state index contributed by atoms with van der Waals surface area (Å²) in [6, 6.07) is 65.6. The number of benzene rings is 8. The zero-order valence-corrected chi connectivity index (χ0v) is 30.6. The monoisotopic (exact) mass is 729 g/mol. The molecule has 0 fully saturated rings. The number of furan rings is 2. The van der Waals surface area contributed by atoms with Crippen LogP contribution in [-0.4, -0.2) is 14.5 Å². The van der Waals surface area contributed by atoms with Crippen LogP contribution in [0.15, 0.2) is 197 Å². The minimum absolute atomic E-state index is 0.630. The Kier molecular flexibility index (Phi) is 6.86. The molecule has 5 heteroatoms. The molecule has 8 aromatic carbocycles. The lowest BCUT2D eigenvalue weighted by Crippen LogP contribution is -1.94. The molecule has 0 saturated heterocycles. The van der Waals surface area contributed by atoms with Gasteiger partial charge in [0, 0.05) is 43.7 Å². The van der Waals surface area contributed by atoms with E-state index in [2.05, 4.69) is 150 Å². The van der Waals surface area contributed by atoms with Crippen molar-refractivity contribution in [1.82, 2.24) is 14.5 Å². The second-order valence-corrected chi connectivity index (χ2v) is 14.5. The van der Waals surface area contributed by atoms with Gasteiger partial charge >= 0.3 is 0 Å². The first-order valence-corrected chi connectivity index (χ1v) is 19.1. The standard InChI is InChI=1S/C52H31N3O2/c1-4-13-32(14-5-1)34-24-28-47-43(31-34)49-51(57-47)48(53-52(54-49)33-15-6-2-7-16-33)40-21-12-20-39-42-30-36(25-27-46(42)56-50(39)40)35-23-26-45-41(29-35)38-19-10-11-22-44(38)55(45)37-17-8-3-9-18-37/h1-31H. The van der Waals surface area contributed by atoms with Gasteiger partial charge in [0.05, 0.1) is 11.0 Å². The van der Waals surface area contributed by atoms with E-state index >= 15 is 0 Å². The van der Waals surface area contributed by atoms with Gasteiger partial charge < -0.3 is 13.4 Å². The van der Waals surface area contributed by atoms with Crippen LogP contribution in [0.25, 0.3) is 116 Å². The molecule has 12 aromatic rings. The average molecular weight is 730 g/mol. The summed E-state index contributed by atoms with van der Waals surface area (Å²) < 4.78 is 15.7. The van der Waals surface area contributed by atoms with Crippen molar-refractivity contribution < 1.29 is 8.83 Å². The lowest BCUT2D eigenvalue weighted by Gasteiger charge is -2.08. The Morgan fingerprint density at radius 1 is 0.368 bits per heavy atom. The van der Waals surface area contributed by atoms with Crippen molar-refractivity contribution >= 4 is 65.8 Å². The summed E-state index contributed by atoms with van der Waals surface area (Å²) in [6.45, 7) is 0. The van der Waals surface area contributed by atoms with Gasteiger partial charge in [-0.25, -0.2) is 9.97 Å². The zero-order valence-electron chi connectivity index (χ0n) is 30.6. The topological polar surface area (TPSA) is 57.0 Å². The van der Waals surface area contributed by atoms with Crippen LogP contribution in [0.2, 0.25) is 0 Å². The molecule has 5 nitrogen and oxygen atoms in total. The highest BCUT2D eigenvalue weighted by atomic mass is 16.3.